The van der Waals surface area contributed by atoms with Gasteiger partial charge >= 0.3 is 0 Å². The maximum Gasteiger partial charge on any atom is 0.128 e. The standard InChI is InChI=1S/C14H22N2O.C2H6/c1-14(2,3)11-4-5-13(15-10-11)16-8-6-12(17)7-9-16;1-2/h4-5,10,12,17H,6-9H2,1-3H3;1-2H3. The van der Waals surface area contributed by atoms with Crippen LogP contribution in [-0.2, 0) is 5.41 Å². The summed E-state index contributed by atoms with van der Waals surface area (Å²) in [5.41, 5.74) is 1.42. The molecule has 1 aliphatic heterocycles. The van der Waals surface area contributed by atoms with E-state index in [9.17, 15) is 5.11 Å². The summed E-state index contributed by atoms with van der Waals surface area (Å²) in [6.45, 7) is 12.4. The predicted octanol–water partition coefficient (Wildman–Crippen LogP) is 3.37. The van der Waals surface area contributed by atoms with E-state index in [1.807, 2.05) is 20.0 Å². The molecule has 0 atom stereocenters. The molecular weight excluding hydrogens is 236 g/mol. The van der Waals surface area contributed by atoms with Crippen LogP contribution in [0.1, 0.15) is 53.0 Å². The lowest BCUT2D eigenvalue weighted by Crippen LogP contribution is -2.36. The Kier molecular flexibility index (Phi) is 5.80. The first-order valence-electron chi connectivity index (χ1n) is 7.36. The third-order valence-electron chi connectivity index (χ3n) is 3.40. The number of aliphatic hydroxyl groups is 1. The molecule has 2 rings (SSSR count). The SMILES string of the molecule is CC.CC(C)(C)c1ccc(N2CCC(O)CC2)nc1. The van der Waals surface area contributed by atoms with E-state index in [4.69, 9.17) is 0 Å². The van der Waals surface area contributed by atoms with Gasteiger partial charge in [-0.3, -0.25) is 0 Å². The number of aliphatic hydroxyl groups excluding tert-OH is 1. The lowest BCUT2D eigenvalue weighted by atomic mass is 9.88. The lowest BCUT2D eigenvalue weighted by molar-refractivity contribution is 0.145. The molecule has 0 aliphatic carbocycles. The fourth-order valence-electron chi connectivity index (χ4n) is 2.11. The molecule has 2 heterocycles. The minimum atomic E-state index is -0.125. The molecule has 1 N–H and O–H groups in total. The summed E-state index contributed by atoms with van der Waals surface area (Å²) in [4.78, 5) is 6.79. The Morgan fingerprint density at radius 3 is 2.16 bits per heavy atom. The van der Waals surface area contributed by atoms with Gasteiger partial charge in [-0.15, -0.1) is 0 Å². The molecule has 0 radical (unpaired) electrons. The number of pyridine rings is 1. The highest BCUT2D eigenvalue weighted by atomic mass is 16.3. The predicted molar refractivity (Wildman–Crippen MR) is 81.7 cm³/mol. The molecule has 1 aromatic rings. The average Bonchev–Trinajstić information content (AvgIpc) is 2.41. The Balaban J connectivity index is 0.000000861. The summed E-state index contributed by atoms with van der Waals surface area (Å²) in [7, 11) is 0. The quantitative estimate of drug-likeness (QED) is 0.845. The monoisotopic (exact) mass is 264 g/mol. The van der Waals surface area contributed by atoms with E-state index >= 15 is 0 Å². The van der Waals surface area contributed by atoms with Crippen molar-refractivity contribution in [3.63, 3.8) is 0 Å². The molecule has 3 heteroatoms. The van der Waals surface area contributed by atoms with Gasteiger partial charge in [0.2, 0.25) is 0 Å². The second-order valence-corrected chi connectivity index (χ2v) is 5.87. The molecule has 3 nitrogen and oxygen atoms in total. The minimum absolute atomic E-state index is 0.125. The molecule has 0 amide bonds. The van der Waals surface area contributed by atoms with E-state index in [1.54, 1.807) is 0 Å². The van der Waals surface area contributed by atoms with Crippen molar-refractivity contribution in [1.29, 1.82) is 0 Å². The molecule has 19 heavy (non-hydrogen) atoms. The van der Waals surface area contributed by atoms with E-state index in [0.29, 0.717) is 0 Å². The normalized spacial score (nSPS) is 16.8. The Bertz CT molecular complexity index is 359. The first-order chi connectivity index (χ1) is 8.97. The molecule has 1 fully saturated rings. The number of hydrogen-bond donors (Lipinski definition) is 1. The van der Waals surface area contributed by atoms with Crippen LogP contribution in [0.5, 0.6) is 0 Å². The summed E-state index contributed by atoms with van der Waals surface area (Å²) < 4.78 is 0. The number of aromatic nitrogens is 1. The summed E-state index contributed by atoms with van der Waals surface area (Å²) >= 11 is 0. The van der Waals surface area contributed by atoms with Crippen molar-refractivity contribution < 1.29 is 5.11 Å². The van der Waals surface area contributed by atoms with Crippen LogP contribution in [0.25, 0.3) is 0 Å². The summed E-state index contributed by atoms with van der Waals surface area (Å²) in [6, 6.07) is 4.26. The van der Waals surface area contributed by atoms with E-state index in [-0.39, 0.29) is 11.5 Å². The molecule has 0 saturated carbocycles. The van der Waals surface area contributed by atoms with Crippen LogP contribution in [0.15, 0.2) is 18.3 Å². The summed E-state index contributed by atoms with van der Waals surface area (Å²) in [5.74, 6) is 1.03. The maximum absolute atomic E-state index is 9.48. The van der Waals surface area contributed by atoms with Crippen LogP contribution >= 0.6 is 0 Å². The van der Waals surface area contributed by atoms with Crippen molar-refractivity contribution in [1.82, 2.24) is 4.98 Å². The van der Waals surface area contributed by atoms with Gasteiger partial charge in [0.25, 0.3) is 0 Å². The maximum atomic E-state index is 9.48. The Labute approximate surface area is 117 Å². The van der Waals surface area contributed by atoms with Gasteiger partial charge in [0, 0.05) is 19.3 Å². The number of piperidine rings is 1. The lowest BCUT2D eigenvalue weighted by Gasteiger charge is -2.31. The van der Waals surface area contributed by atoms with Gasteiger partial charge in [0.05, 0.1) is 6.10 Å². The number of rotatable bonds is 1. The fraction of sp³-hybridized carbons (Fsp3) is 0.688. The van der Waals surface area contributed by atoms with Crippen LogP contribution in [0, 0.1) is 0 Å². The van der Waals surface area contributed by atoms with Crippen molar-refractivity contribution in [3.8, 4) is 0 Å². The number of anilines is 1. The van der Waals surface area contributed by atoms with E-state index in [2.05, 4.69) is 42.8 Å². The molecule has 1 aliphatic rings. The van der Waals surface area contributed by atoms with Crippen LogP contribution in [0.2, 0.25) is 0 Å². The summed E-state index contributed by atoms with van der Waals surface area (Å²) in [6.07, 6.45) is 3.55. The molecule has 0 unspecified atom stereocenters. The Morgan fingerprint density at radius 1 is 1.16 bits per heavy atom. The Hall–Kier alpha value is -1.09. The Morgan fingerprint density at radius 2 is 1.74 bits per heavy atom. The van der Waals surface area contributed by atoms with Gasteiger partial charge in [-0.25, -0.2) is 4.98 Å². The molecule has 0 bridgehead atoms. The van der Waals surface area contributed by atoms with Gasteiger partial charge in [-0.1, -0.05) is 40.7 Å². The van der Waals surface area contributed by atoms with Crippen LogP contribution in [0.4, 0.5) is 5.82 Å². The average molecular weight is 264 g/mol. The van der Waals surface area contributed by atoms with E-state index in [1.165, 1.54) is 5.56 Å². The van der Waals surface area contributed by atoms with E-state index in [0.717, 1.165) is 31.7 Å². The second-order valence-electron chi connectivity index (χ2n) is 5.87. The minimum Gasteiger partial charge on any atom is -0.393 e. The first-order valence-corrected chi connectivity index (χ1v) is 7.36. The van der Waals surface area contributed by atoms with Gasteiger partial charge < -0.3 is 10.0 Å². The van der Waals surface area contributed by atoms with Gasteiger partial charge in [0.1, 0.15) is 5.82 Å². The molecule has 108 valence electrons. The number of nitrogens with zero attached hydrogens (tertiary/aromatic N) is 2. The van der Waals surface area contributed by atoms with Crippen LogP contribution < -0.4 is 4.90 Å². The fourth-order valence-corrected chi connectivity index (χ4v) is 2.11. The zero-order valence-corrected chi connectivity index (χ0v) is 13.0. The van der Waals surface area contributed by atoms with Gasteiger partial charge in [-0.05, 0) is 29.9 Å². The third kappa shape index (κ3) is 4.50. The third-order valence-corrected chi connectivity index (χ3v) is 3.40. The molecule has 0 aromatic carbocycles. The van der Waals surface area contributed by atoms with Gasteiger partial charge in [0.15, 0.2) is 0 Å². The zero-order chi connectivity index (χ0) is 14.5. The highest BCUT2D eigenvalue weighted by Gasteiger charge is 2.19. The highest BCUT2D eigenvalue weighted by molar-refractivity contribution is 5.40. The molecular formula is C16H28N2O. The smallest absolute Gasteiger partial charge is 0.128 e. The van der Waals surface area contributed by atoms with Crippen molar-refractivity contribution >= 4 is 5.82 Å². The zero-order valence-electron chi connectivity index (χ0n) is 13.0. The van der Waals surface area contributed by atoms with Crippen molar-refractivity contribution in [2.45, 2.75) is 59.0 Å². The topological polar surface area (TPSA) is 36.4 Å². The van der Waals surface area contributed by atoms with E-state index < -0.39 is 0 Å². The van der Waals surface area contributed by atoms with Crippen LogP contribution in [0.3, 0.4) is 0 Å². The van der Waals surface area contributed by atoms with Crippen molar-refractivity contribution in [2.24, 2.45) is 0 Å². The largest absolute Gasteiger partial charge is 0.393 e. The van der Waals surface area contributed by atoms with Gasteiger partial charge in [-0.2, -0.15) is 0 Å². The molecule has 1 aromatic heterocycles. The van der Waals surface area contributed by atoms with Crippen molar-refractivity contribution in [2.75, 3.05) is 18.0 Å². The number of hydrogen-bond acceptors (Lipinski definition) is 3. The summed E-state index contributed by atoms with van der Waals surface area (Å²) in [5, 5.41) is 9.48. The molecule has 1 saturated heterocycles. The van der Waals surface area contributed by atoms with Crippen molar-refractivity contribution in [3.05, 3.63) is 23.9 Å². The van der Waals surface area contributed by atoms with Crippen LogP contribution in [-0.4, -0.2) is 29.3 Å². The first kappa shape index (κ1) is 16.0. The second kappa shape index (κ2) is 6.90. The molecule has 0 spiro atoms. The highest BCUT2D eigenvalue weighted by Crippen LogP contribution is 2.24.